The first kappa shape index (κ1) is 15.7. The molecule has 0 spiro atoms. The van der Waals surface area contributed by atoms with E-state index in [2.05, 4.69) is 26.8 Å². The van der Waals surface area contributed by atoms with E-state index in [0.29, 0.717) is 30.6 Å². The summed E-state index contributed by atoms with van der Waals surface area (Å²) >= 11 is 0. The number of aromatic nitrogens is 3. The average molecular weight is 318 g/mol. The molecule has 0 radical (unpaired) electrons. The summed E-state index contributed by atoms with van der Waals surface area (Å²) in [6, 6.07) is -0.155. The van der Waals surface area contributed by atoms with E-state index in [1.54, 1.807) is 13.1 Å². The molecule has 0 saturated carbocycles. The summed E-state index contributed by atoms with van der Waals surface area (Å²) in [7, 11) is 0. The first-order valence-corrected chi connectivity index (χ1v) is 8.00. The molecule has 1 amide bonds. The van der Waals surface area contributed by atoms with Crippen LogP contribution in [0.25, 0.3) is 0 Å². The van der Waals surface area contributed by atoms with Crippen LogP contribution in [0.5, 0.6) is 0 Å². The van der Waals surface area contributed by atoms with Gasteiger partial charge in [-0.15, -0.1) is 0 Å². The predicted octanol–water partition coefficient (Wildman–Crippen LogP) is 2.10. The van der Waals surface area contributed by atoms with Crippen molar-refractivity contribution in [3.8, 4) is 0 Å². The van der Waals surface area contributed by atoms with Crippen LogP contribution in [0, 0.1) is 12.8 Å². The van der Waals surface area contributed by atoms with Gasteiger partial charge in [0.2, 0.25) is 0 Å². The molecule has 3 heterocycles. The topological polar surface area (TPSA) is 82.2 Å². The summed E-state index contributed by atoms with van der Waals surface area (Å²) in [6.07, 6.45) is 6.81. The van der Waals surface area contributed by atoms with Crippen LogP contribution in [-0.4, -0.2) is 33.7 Å². The van der Waals surface area contributed by atoms with Crippen LogP contribution in [0.1, 0.15) is 47.9 Å². The zero-order valence-corrected chi connectivity index (χ0v) is 13.5. The summed E-state index contributed by atoms with van der Waals surface area (Å²) in [4.78, 5) is 21.1. The van der Waals surface area contributed by atoms with E-state index in [-0.39, 0.29) is 11.9 Å². The highest BCUT2D eigenvalue weighted by molar-refractivity contribution is 5.93. The Bertz CT molecular complexity index is 658. The lowest BCUT2D eigenvalue weighted by Gasteiger charge is -2.30. The smallest absolute Gasteiger partial charge is 0.274 e. The minimum atomic E-state index is -0.224. The van der Waals surface area contributed by atoms with Gasteiger partial charge < -0.3 is 19.0 Å². The second-order valence-corrected chi connectivity index (χ2v) is 5.73. The van der Waals surface area contributed by atoms with Crippen LogP contribution in [-0.2, 0) is 11.3 Å². The summed E-state index contributed by atoms with van der Waals surface area (Å²) in [5.74, 6) is 1.48. The third-order valence-corrected chi connectivity index (χ3v) is 4.35. The second kappa shape index (κ2) is 6.95. The third kappa shape index (κ3) is 3.29. The van der Waals surface area contributed by atoms with Gasteiger partial charge in [0.05, 0.1) is 6.04 Å². The lowest BCUT2D eigenvalue weighted by molar-refractivity contribution is 0.0497. The maximum absolute atomic E-state index is 12.6. The first-order valence-electron chi connectivity index (χ1n) is 8.00. The van der Waals surface area contributed by atoms with Gasteiger partial charge in [0, 0.05) is 32.2 Å². The lowest BCUT2D eigenvalue weighted by atomic mass is 9.91. The Morgan fingerprint density at radius 2 is 2.22 bits per heavy atom. The molecule has 3 rings (SSSR count). The number of imidazole rings is 1. The van der Waals surface area contributed by atoms with Crippen LogP contribution in [0.4, 0.5) is 0 Å². The first-order chi connectivity index (χ1) is 11.2. The molecule has 7 nitrogen and oxygen atoms in total. The van der Waals surface area contributed by atoms with Crippen molar-refractivity contribution in [2.75, 3.05) is 13.2 Å². The van der Waals surface area contributed by atoms with Crippen LogP contribution in [0.2, 0.25) is 0 Å². The van der Waals surface area contributed by atoms with Crippen molar-refractivity contribution in [3.05, 3.63) is 36.1 Å². The average Bonchev–Trinajstić information content (AvgIpc) is 3.21. The Morgan fingerprint density at radius 1 is 1.43 bits per heavy atom. The van der Waals surface area contributed by atoms with Gasteiger partial charge in [-0.05, 0) is 32.6 Å². The van der Waals surface area contributed by atoms with E-state index in [0.717, 1.165) is 25.2 Å². The Labute approximate surface area is 135 Å². The monoisotopic (exact) mass is 318 g/mol. The van der Waals surface area contributed by atoms with E-state index >= 15 is 0 Å². The molecule has 0 aliphatic carbocycles. The number of ether oxygens (including phenoxy) is 1. The van der Waals surface area contributed by atoms with Crippen molar-refractivity contribution < 1.29 is 13.9 Å². The van der Waals surface area contributed by atoms with Crippen molar-refractivity contribution in [3.63, 3.8) is 0 Å². The molecule has 1 unspecified atom stereocenters. The maximum atomic E-state index is 12.6. The normalized spacial score (nSPS) is 17.1. The van der Waals surface area contributed by atoms with Crippen molar-refractivity contribution in [1.82, 2.24) is 19.9 Å². The highest BCUT2D eigenvalue weighted by Gasteiger charge is 2.31. The van der Waals surface area contributed by atoms with E-state index in [1.807, 2.05) is 6.20 Å². The fraction of sp³-hybridized carbons (Fsp3) is 0.562. The number of hydrogen-bond donors (Lipinski definition) is 1. The molecule has 2 aromatic heterocycles. The van der Waals surface area contributed by atoms with E-state index < -0.39 is 0 Å². The number of oxazole rings is 1. The molecule has 1 N–H and O–H groups in total. The van der Waals surface area contributed by atoms with Gasteiger partial charge in [-0.2, -0.15) is 0 Å². The standard InChI is InChI=1S/C16H22N4O3/c1-3-20-7-6-17-15(20)14(12-4-8-22-9-5-12)19-16(21)13-11(2)23-10-18-13/h6-7,10,12,14H,3-5,8-9H2,1-2H3,(H,19,21). The van der Waals surface area contributed by atoms with Gasteiger partial charge in [0.15, 0.2) is 12.1 Å². The Balaban J connectivity index is 1.86. The molecule has 1 saturated heterocycles. The van der Waals surface area contributed by atoms with Gasteiger partial charge in [-0.3, -0.25) is 4.79 Å². The van der Waals surface area contributed by atoms with Crippen molar-refractivity contribution >= 4 is 5.91 Å². The minimum absolute atomic E-state index is 0.155. The van der Waals surface area contributed by atoms with E-state index in [1.165, 1.54) is 6.39 Å². The largest absolute Gasteiger partial charge is 0.448 e. The number of nitrogens with one attached hydrogen (secondary N) is 1. The Kier molecular flexibility index (Phi) is 4.76. The number of carbonyl (C=O) groups is 1. The van der Waals surface area contributed by atoms with Crippen LogP contribution in [0.3, 0.4) is 0 Å². The molecule has 1 aliphatic rings. The molecule has 0 bridgehead atoms. The number of hydrogen-bond acceptors (Lipinski definition) is 5. The summed E-state index contributed by atoms with van der Waals surface area (Å²) < 4.78 is 12.7. The molecule has 2 aromatic rings. The number of amides is 1. The lowest BCUT2D eigenvalue weighted by Crippen LogP contribution is -2.38. The highest BCUT2D eigenvalue weighted by atomic mass is 16.5. The van der Waals surface area contributed by atoms with Crippen LogP contribution in [0.15, 0.2) is 23.2 Å². The van der Waals surface area contributed by atoms with Crippen LogP contribution >= 0.6 is 0 Å². The van der Waals surface area contributed by atoms with E-state index in [4.69, 9.17) is 9.15 Å². The Hall–Kier alpha value is -2.15. The molecule has 1 atom stereocenters. The van der Waals surface area contributed by atoms with Crippen molar-refractivity contribution in [2.45, 2.75) is 39.3 Å². The van der Waals surface area contributed by atoms with Crippen molar-refractivity contribution in [1.29, 1.82) is 0 Å². The van der Waals surface area contributed by atoms with E-state index in [9.17, 15) is 4.79 Å². The fourth-order valence-electron chi connectivity index (χ4n) is 3.04. The third-order valence-electron chi connectivity index (χ3n) is 4.35. The van der Waals surface area contributed by atoms with Gasteiger partial charge >= 0.3 is 0 Å². The number of aryl methyl sites for hydroxylation is 2. The minimum Gasteiger partial charge on any atom is -0.448 e. The highest BCUT2D eigenvalue weighted by Crippen LogP contribution is 2.29. The molecule has 7 heteroatoms. The second-order valence-electron chi connectivity index (χ2n) is 5.73. The molecule has 23 heavy (non-hydrogen) atoms. The van der Waals surface area contributed by atoms with Crippen molar-refractivity contribution in [2.24, 2.45) is 5.92 Å². The molecular weight excluding hydrogens is 296 g/mol. The zero-order valence-electron chi connectivity index (χ0n) is 13.5. The molecule has 124 valence electrons. The van der Waals surface area contributed by atoms with Gasteiger partial charge in [-0.25, -0.2) is 9.97 Å². The molecule has 1 fully saturated rings. The summed E-state index contributed by atoms with van der Waals surface area (Å²) in [5.41, 5.74) is 0.330. The predicted molar refractivity (Wildman–Crippen MR) is 82.9 cm³/mol. The number of rotatable bonds is 5. The maximum Gasteiger partial charge on any atom is 0.274 e. The fourth-order valence-corrected chi connectivity index (χ4v) is 3.04. The van der Waals surface area contributed by atoms with Crippen LogP contribution < -0.4 is 5.32 Å². The molecular formula is C16H22N4O3. The SMILES string of the molecule is CCn1ccnc1C(NC(=O)c1ncoc1C)C1CCOCC1. The van der Waals surface area contributed by atoms with Gasteiger partial charge in [-0.1, -0.05) is 0 Å². The number of nitrogens with zero attached hydrogens (tertiary/aromatic N) is 3. The summed E-state index contributed by atoms with van der Waals surface area (Å²) in [5, 5.41) is 3.11. The van der Waals surface area contributed by atoms with Gasteiger partial charge in [0.1, 0.15) is 11.6 Å². The number of carbonyl (C=O) groups excluding carboxylic acids is 1. The molecule has 0 aromatic carbocycles. The molecule has 1 aliphatic heterocycles. The van der Waals surface area contributed by atoms with Gasteiger partial charge in [0.25, 0.3) is 5.91 Å². The Morgan fingerprint density at radius 3 is 2.87 bits per heavy atom. The summed E-state index contributed by atoms with van der Waals surface area (Å²) in [6.45, 7) is 6.04. The quantitative estimate of drug-likeness (QED) is 0.913. The zero-order chi connectivity index (χ0) is 16.2.